The first kappa shape index (κ1) is 13.7. The predicted octanol–water partition coefficient (Wildman–Crippen LogP) is 1.78. The fourth-order valence-electron chi connectivity index (χ4n) is 1.57. The summed E-state index contributed by atoms with van der Waals surface area (Å²) in [6.45, 7) is 0. The lowest BCUT2D eigenvalue weighted by Gasteiger charge is -2.07. The van der Waals surface area contributed by atoms with Gasteiger partial charge in [-0.2, -0.15) is 23.1 Å². The van der Waals surface area contributed by atoms with Gasteiger partial charge in [0.2, 0.25) is 0 Å². The number of pyridine rings is 1. The Labute approximate surface area is 111 Å². The van der Waals surface area contributed by atoms with Gasteiger partial charge in [0.05, 0.1) is 5.56 Å². The predicted molar refractivity (Wildman–Crippen MR) is 65.0 cm³/mol. The van der Waals surface area contributed by atoms with E-state index >= 15 is 0 Å². The number of aromatic nitrogens is 3. The molecule has 0 aromatic carbocycles. The van der Waals surface area contributed by atoms with Crippen molar-refractivity contribution in [2.24, 2.45) is 0 Å². The number of hydrogen-bond donors (Lipinski definition) is 2. The van der Waals surface area contributed by atoms with E-state index in [1.54, 1.807) is 7.05 Å². The van der Waals surface area contributed by atoms with Crippen LogP contribution < -0.4 is 11.1 Å². The number of rotatable bonds is 2. The largest absolute Gasteiger partial charge is 0.417 e. The number of nitrogens with zero attached hydrogens (tertiary/aromatic N) is 4. The molecule has 0 atom stereocenters. The number of nitrogens with one attached hydrogen (secondary N) is 1. The molecule has 104 valence electrons. The standard InChI is InChI=1S/C11H9F3N6/c1-17-10-7(4-15)9(16)20(19-10)8-3-2-6(5-18-8)11(12,13)14/h2-3,5H,16H2,1H3,(H,17,19). The maximum absolute atomic E-state index is 12.4. The summed E-state index contributed by atoms with van der Waals surface area (Å²) in [5.41, 5.74) is 4.95. The normalized spacial score (nSPS) is 11.2. The zero-order valence-electron chi connectivity index (χ0n) is 10.2. The van der Waals surface area contributed by atoms with Crippen molar-refractivity contribution in [1.29, 1.82) is 5.26 Å². The molecule has 0 aliphatic rings. The van der Waals surface area contributed by atoms with Crippen molar-refractivity contribution < 1.29 is 13.2 Å². The van der Waals surface area contributed by atoms with Gasteiger partial charge in [0, 0.05) is 13.2 Å². The molecule has 2 rings (SSSR count). The summed E-state index contributed by atoms with van der Waals surface area (Å²) in [6.07, 6.45) is -3.78. The van der Waals surface area contributed by atoms with Crippen molar-refractivity contribution >= 4 is 11.6 Å². The minimum absolute atomic E-state index is 0.00380. The van der Waals surface area contributed by atoms with Gasteiger partial charge < -0.3 is 11.1 Å². The fourth-order valence-corrected chi connectivity index (χ4v) is 1.57. The minimum atomic E-state index is -4.46. The van der Waals surface area contributed by atoms with Gasteiger partial charge in [0.15, 0.2) is 11.6 Å². The van der Waals surface area contributed by atoms with Gasteiger partial charge in [0.25, 0.3) is 0 Å². The topological polar surface area (TPSA) is 92.6 Å². The molecule has 0 saturated heterocycles. The van der Waals surface area contributed by atoms with Gasteiger partial charge in [-0.25, -0.2) is 4.98 Å². The zero-order valence-corrected chi connectivity index (χ0v) is 10.2. The van der Waals surface area contributed by atoms with E-state index in [0.29, 0.717) is 6.20 Å². The highest BCUT2D eigenvalue weighted by molar-refractivity contribution is 5.65. The van der Waals surface area contributed by atoms with E-state index in [2.05, 4.69) is 15.4 Å². The van der Waals surface area contributed by atoms with Crippen LogP contribution in [-0.2, 0) is 6.18 Å². The monoisotopic (exact) mass is 282 g/mol. The quantitative estimate of drug-likeness (QED) is 0.875. The molecular formula is C11H9F3N6. The van der Waals surface area contributed by atoms with Gasteiger partial charge in [-0.05, 0) is 12.1 Å². The molecule has 0 bridgehead atoms. The third kappa shape index (κ3) is 2.23. The molecule has 0 spiro atoms. The van der Waals surface area contributed by atoms with E-state index in [1.165, 1.54) is 0 Å². The lowest BCUT2D eigenvalue weighted by atomic mass is 10.3. The highest BCUT2D eigenvalue weighted by atomic mass is 19.4. The SMILES string of the molecule is CNc1nn(-c2ccc(C(F)(F)F)cn2)c(N)c1C#N. The molecule has 0 aliphatic carbocycles. The van der Waals surface area contributed by atoms with E-state index < -0.39 is 11.7 Å². The van der Waals surface area contributed by atoms with Crippen LogP contribution in [0.5, 0.6) is 0 Å². The third-order valence-corrected chi connectivity index (χ3v) is 2.56. The van der Waals surface area contributed by atoms with Crippen LogP contribution in [0.3, 0.4) is 0 Å². The molecule has 2 heterocycles. The van der Waals surface area contributed by atoms with E-state index in [-0.39, 0.29) is 23.0 Å². The molecule has 20 heavy (non-hydrogen) atoms. The van der Waals surface area contributed by atoms with Gasteiger partial charge >= 0.3 is 6.18 Å². The summed E-state index contributed by atoms with van der Waals surface area (Å²) in [4.78, 5) is 3.66. The van der Waals surface area contributed by atoms with Crippen LogP contribution in [0.25, 0.3) is 5.82 Å². The lowest BCUT2D eigenvalue weighted by molar-refractivity contribution is -0.137. The van der Waals surface area contributed by atoms with Crippen LogP contribution in [0.1, 0.15) is 11.1 Å². The zero-order chi connectivity index (χ0) is 14.9. The van der Waals surface area contributed by atoms with Gasteiger partial charge in [-0.1, -0.05) is 0 Å². The van der Waals surface area contributed by atoms with Crippen molar-refractivity contribution in [2.75, 3.05) is 18.1 Å². The Balaban J connectivity index is 2.48. The van der Waals surface area contributed by atoms with Crippen LogP contribution in [0.4, 0.5) is 24.8 Å². The van der Waals surface area contributed by atoms with Gasteiger partial charge in [0.1, 0.15) is 17.5 Å². The van der Waals surface area contributed by atoms with Crippen molar-refractivity contribution in [1.82, 2.24) is 14.8 Å². The molecule has 3 N–H and O–H groups in total. The number of halogens is 3. The van der Waals surface area contributed by atoms with E-state index in [4.69, 9.17) is 11.0 Å². The fraction of sp³-hybridized carbons (Fsp3) is 0.182. The molecule has 0 fully saturated rings. The molecule has 0 unspecified atom stereocenters. The Kier molecular flexibility index (Phi) is 3.23. The molecule has 2 aromatic heterocycles. The molecular weight excluding hydrogens is 273 g/mol. The average Bonchev–Trinajstić information content (AvgIpc) is 2.74. The second kappa shape index (κ2) is 4.73. The molecule has 0 radical (unpaired) electrons. The highest BCUT2D eigenvalue weighted by Gasteiger charge is 2.30. The van der Waals surface area contributed by atoms with E-state index in [1.807, 2.05) is 6.07 Å². The number of nitrogens with two attached hydrogens (primary N) is 1. The van der Waals surface area contributed by atoms with Crippen molar-refractivity contribution in [2.45, 2.75) is 6.18 Å². The first-order valence-corrected chi connectivity index (χ1v) is 5.38. The summed E-state index contributed by atoms with van der Waals surface area (Å²) >= 11 is 0. The number of anilines is 2. The first-order valence-electron chi connectivity index (χ1n) is 5.38. The Morgan fingerprint density at radius 1 is 1.40 bits per heavy atom. The Bertz CT molecular complexity index is 665. The molecule has 2 aromatic rings. The highest BCUT2D eigenvalue weighted by Crippen LogP contribution is 2.29. The summed E-state index contributed by atoms with van der Waals surface area (Å²) in [7, 11) is 1.55. The second-order valence-corrected chi connectivity index (χ2v) is 3.79. The van der Waals surface area contributed by atoms with E-state index in [9.17, 15) is 13.2 Å². The number of hydrogen-bond acceptors (Lipinski definition) is 5. The number of alkyl halides is 3. The maximum atomic E-state index is 12.4. The van der Waals surface area contributed by atoms with Crippen LogP contribution in [-0.4, -0.2) is 21.8 Å². The van der Waals surface area contributed by atoms with Crippen LogP contribution in [0, 0.1) is 11.3 Å². The Hall–Kier alpha value is -2.76. The first-order chi connectivity index (χ1) is 9.38. The van der Waals surface area contributed by atoms with Crippen LogP contribution >= 0.6 is 0 Å². The molecule has 0 saturated carbocycles. The summed E-state index contributed by atoms with van der Waals surface area (Å²) in [5, 5.41) is 15.6. The smallest absolute Gasteiger partial charge is 0.382 e. The summed E-state index contributed by atoms with van der Waals surface area (Å²) < 4.78 is 38.4. The second-order valence-electron chi connectivity index (χ2n) is 3.79. The third-order valence-electron chi connectivity index (χ3n) is 2.56. The van der Waals surface area contributed by atoms with Crippen molar-refractivity contribution in [3.8, 4) is 11.9 Å². The lowest BCUT2D eigenvalue weighted by Crippen LogP contribution is -2.08. The number of nitriles is 1. The molecule has 0 aliphatic heterocycles. The van der Waals surface area contributed by atoms with Crippen molar-refractivity contribution in [3.05, 3.63) is 29.5 Å². The van der Waals surface area contributed by atoms with Crippen molar-refractivity contribution in [3.63, 3.8) is 0 Å². The van der Waals surface area contributed by atoms with Gasteiger partial charge in [-0.3, -0.25) is 0 Å². The van der Waals surface area contributed by atoms with Crippen LogP contribution in [0.15, 0.2) is 18.3 Å². The number of nitrogen functional groups attached to an aromatic ring is 1. The maximum Gasteiger partial charge on any atom is 0.417 e. The summed E-state index contributed by atoms with van der Waals surface area (Å²) in [5.74, 6) is 0.323. The molecule has 6 nitrogen and oxygen atoms in total. The molecule has 9 heteroatoms. The van der Waals surface area contributed by atoms with E-state index in [0.717, 1.165) is 16.8 Å². The Morgan fingerprint density at radius 3 is 2.50 bits per heavy atom. The van der Waals surface area contributed by atoms with Gasteiger partial charge in [-0.15, -0.1) is 5.10 Å². The Morgan fingerprint density at radius 2 is 2.10 bits per heavy atom. The minimum Gasteiger partial charge on any atom is -0.382 e. The molecule has 0 amide bonds. The summed E-state index contributed by atoms with van der Waals surface area (Å²) in [6, 6.07) is 3.86. The van der Waals surface area contributed by atoms with Crippen LogP contribution in [0.2, 0.25) is 0 Å². The average molecular weight is 282 g/mol.